The van der Waals surface area contributed by atoms with E-state index in [0.717, 1.165) is 54.3 Å². The molecule has 1 unspecified atom stereocenters. The molecule has 1 saturated carbocycles. The van der Waals surface area contributed by atoms with Gasteiger partial charge in [0.1, 0.15) is 11.6 Å². The van der Waals surface area contributed by atoms with Gasteiger partial charge in [0.15, 0.2) is 0 Å². The monoisotopic (exact) mass is 404 g/mol. The minimum absolute atomic E-state index is 0.0305. The van der Waals surface area contributed by atoms with E-state index in [1.54, 1.807) is 13.3 Å². The predicted molar refractivity (Wildman–Crippen MR) is 125 cm³/mol. The Hall–Kier alpha value is -2.79. The smallest absolute Gasteiger partial charge is 0.131 e. The van der Waals surface area contributed by atoms with Crippen molar-refractivity contribution in [3.8, 4) is 5.75 Å². The number of ether oxygens (including phenoxy) is 1. The molecule has 0 radical (unpaired) electrons. The molecule has 5 heteroatoms. The molecule has 1 heterocycles. The Bertz CT molecular complexity index is 994. The van der Waals surface area contributed by atoms with E-state index in [4.69, 9.17) is 16.2 Å². The lowest BCUT2D eigenvalue weighted by Gasteiger charge is -2.45. The number of nitrogens with one attached hydrogen (secondary N) is 1. The predicted octanol–water partition coefficient (Wildman–Crippen LogP) is 4.86. The number of anilines is 2. The van der Waals surface area contributed by atoms with E-state index >= 15 is 0 Å². The number of methoxy groups -OCH3 is 1. The highest BCUT2D eigenvalue weighted by atomic mass is 16.5. The first kappa shape index (κ1) is 20.5. The van der Waals surface area contributed by atoms with Crippen molar-refractivity contribution in [1.82, 2.24) is 4.98 Å². The van der Waals surface area contributed by atoms with Crippen molar-refractivity contribution in [2.75, 3.05) is 18.2 Å². The number of hydrogen-bond acceptors (Lipinski definition) is 5. The van der Waals surface area contributed by atoms with Crippen molar-refractivity contribution in [3.63, 3.8) is 0 Å². The minimum Gasteiger partial charge on any atom is -0.497 e. The Balaban J connectivity index is 1.50. The van der Waals surface area contributed by atoms with Gasteiger partial charge in [0.2, 0.25) is 0 Å². The zero-order valence-corrected chi connectivity index (χ0v) is 17.9. The van der Waals surface area contributed by atoms with E-state index in [9.17, 15) is 0 Å². The molecule has 0 spiro atoms. The molecule has 5 N–H and O–H groups in total. The Morgan fingerprint density at radius 3 is 2.53 bits per heavy atom. The van der Waals surface area contributed by atoms with Crippen LogP contribution < -0.4 is 21.5 Å². The van der Waals surface area contributed by atoms with Gasteiger partial charge < -0.3 is 21.5 Å². The van der Waals surface area contributed by atoms with Crippen LogP contribution >= 0.6 is 0 Å². The van der Waals surface area contributed by atoms with Crippen LogP contribution in [0.5, 0.6) is 5.75 Å². The topological polar surface area (TPSA) is 86.2 Å². The third-order valence-corrected chi connectivity index (χ3v) is 6.86. The summed E-state index contributed by atoms with van der Waals surface area (Å²) in [7, 11) is 1.71. The van der Waals surface area contributed by atoms with Crippen LogP contribution in [-0.2, 0) is 5.41 Å². The molecule has 30 heavy (non-hydrogen) atoms. The van der Waals surface area contributed by atoms with Crippen LogP contribution in [0.1, 0.15) is 44.6 Å². The SMILES string of the molecule is CCC(N)C1(c2ccc(OC)cc2)CCC(Nc2ccc3c(N)nccc3c2)CC1. The lowest BCUT2D eigenvalue weighted by Crippen LogP contribution is -2.49. The van der Waals surface area contributed by atoms with Crippen LogP contribution in [0.25, 0.3) is 10.8 Å². The highest BCUT2D eigenvalue weighted by Gasteiger charge is 2.41. The molecule has 1 fully saturated rings. The summed E-state index contributed by atoms with van der Waals surface area (Å²) < 4.78 is 5.34. The van der Waals surface area contributed by atoms with E-state index in [1.807, 2.05) is 6.07 Å². The summed E-state index contributed by atoms with van der Waals surface area (Å²) in [5, 5.41) is 5.85. The molecule has 1 atom stereocenters. The van der Waals surface area contributed by atoms with Gasteiger partial charge in [0.25, 0.3) is 0 Å². The summed E-state index contributed by atoms with van der Waals surface area (Å²) in [5.74, 6) is 1.47. The lowest BCUT2D eigenvalue weighted by atomic mass is 9.63. The number of benzene rings is 2. The van der Waals surface area contributed by atoms with E-state index < -0.39 is 0 Å². The maximum Gasteiger partial charge on any atom is 0.131 e. The molecule has 0 aliphatic heterocycles. The van der Waals surface area contributed by atoms with Crippen LogP contribution in [0.15, 0.2) is 54.7 Å². The van der Waals surface area contributed by atoms with E-state index in [0.29, 0.717) is 11.9 Å². The first-order chi connectivity index (χ1) is 14.6. The molecule has 3 aromatic rings. The zero-order valence-electron chi connectivity index (χ0n) is 17.9. The van der Waals surface area contributed by atoms with Crippen LogP contribution in [-0.4, -0.2) is 24.2 Å². The molecular weight excluding hydrogens is 372 g/mol. The summed E-state index contributed by atoms with van der Waals surface area (Å²) in [5.41, 5.74) is 15.2. The van der Waals surface area contributed by atoms with Crippen molar-refractivity contribution in [1.29, 1.82) is 0 Å². The standard InChI is InChI=1S/C25H32N4O/c1-3-23(26)25(18-4-7-21(30-2)8-5-18)13-10-19(11-14-25)29-20-6-9-22-17(16-20)12-15-28-24(22)27/h4-9,12,15-16,19,23,29H,3,10-11,13-14,26H2,1-2H3,(H2,27,28). The fraction of sp³-hybridized carbons (Fsp3) is 0.400. The Labute approximate surface area is 178 Å². The van der Waals surface area contributed by atoms with Crippen molar-refractivity contribution in [3.05, 3.63) is 60.3 Å². The third-order valence-electron chi connectivity index (χ3n) is 6.86. The van der Waals surface area contributed by atoms with Crippen molar-refractivity contribution in [2.24, 2.45) is 5.73 Å². The highest BCUT2D eigenvalue weighted by Crippen LogP contribution is 2.43. The normalized spacial score (nSPS) is 22.6. The molecule has 1 aliphatic carbocycles. The van der Waals surface area contributed by atoms with Crippen LogP contribution in [0.3, 0.4) is 0 Å². The lowest BCUT2D eigenvalue weighted by molar-refractivity contribution is 0.228. The van der Waals surface area contributed by atoms with E-state index in [2.05, 4.69) is 59.7 Å². The second kappa shape index (κ2) is 8.52. The Morgan fingerprint density at radius 2 is 1.87 bits per heavy atom. The number of pyridine rings is 1. The quantitative estimate of drug-likeness (QED) is 0.546. The van der Waals surface area contributed by atoms with Crippen LogP contribution in [0, 0.1) is 0 Å². The van der Waals surface area contributed by atoms with Gasteiger partial charge in [-0.1, -0.05) is 19.1 Å². The Morgan fingerprint density at radius 1 is 1.13 bits per heavy atom. The van der Waals surface area contributed by atoms with Gasteiger partial charge in [-0.3, -0.25) is 0 Å². The average molecular weight is 405 g/mol. The average Bonchev–Trinajstić information content (AvgIpc) is 2.79. The molecule has 1 aliphatic rings. The molecule has 5 nitrogen and oxygen atoms in total. The zero-order chi connectivity index (χ0) is 21.1. The molecule has 4 rings (SSSR count). The Kier molecular flexibility index (Phi) is 5.82. The first-order valence-electron chi connectivity index (χ1n) is 10.9. The number of nitrogens with zero attached hydrogens (tertiary/aromatic N) is 1. The van der Waals surface area contributed by atoms with Crippen LogP contribution in [0.4, 0.5) is 11.5 Å². The fourth-order valence-electron chi connectivity index (χ4n) is 4.99. The molecule has 2 aromatic carbocycles. The van der Waals surface area contributed by atoms with Gasteiger partial charge in [-0.15, -0.1) is 0 Å². The number of aromatic nitrogens is 1. The van der Waals surface area contributed by atoms with Gasteiger partial charge in [0.05, 0.1) is 7.11 Å². The molecule has 0 saturated heterocycles. The van der Waals surface area contributed by atoms with Gasteiger partial charge in [-0.05, 0) is 79.5 Å². The summed E-state index contributed by atoms with van der Waals surface area (Å²) >= 11 is 0. The van der Waals surface area contributed by atoms with E-state index in [-0.39, 0.29) is 11.5 Å². The highest BCUT2D eigenvalue weighted by molar-refractivity contribution is 5.92. The second-order valence-electron chi connectivity index (χ2n) is 8.45. The summed E-state index contributed by atoms with van der Waals surface area (Å²) in [6.45, 7) is 2.19. The number of nitrogens with two attached hydrogens (primary N) is 2. The number of rotatable bonds is 6. The van der Waals surface area contributed by atoms with Gasteiger partial charge in [-0.25, -0.2) is 4.98 Å². The molecule has 0 amide bonds. The summed E-state index contributed by atoms with van der Waals surface area (Å²) in [4.78, 5) is 4.17. The van der Waals surface area contributed by atoms with Gasteiger partial charge in [0, 0.05) is 34.8 Å². The van der Waals surface area contributed by atoms with Gasteiger partial charge in [-0.2, -0.15) is 0 Å². The first-order valence-corrected chi connectivity index (χ1v) is 10.9. The second-order valence-corrected chi connectivity index (χ2v) is 8.45. The van der Waals surface area contributed by atoms with E-state index in [1.165, 1.54) is 5.56 Å². The molecular formula is C25H32N4O. The molecule has 158 valence electrons. The van der Waals surface area contributed by atoms with Crippen molar-refractivity contribution in [2.45, 2.75) is 56.5 Å². The summed E-state index contributed by atoms with van der Waals surface area (Å²) in [6.07, 6.45) is 7.08. The van der Waals surface area contributed by atoms with Gasteiger partial charge >= 0.3 is 0 Å². The minimum atomic E-state index is 0.0305. The van der Waals surface area contributed by atoms with Crippen LogP contribution in [0.2, 0.25) is 0 Å². The number of hydrogen-bond donors (Lipinski definition) is 3. The molecule has 1 aromatic heterocycles. The fourth-order valence-corrected chi connectivity index (χ4v) is 4.99. The molecule has 0 bridgehead atoms. The van der Waals surface area contributed by atoms with Crippen molar-refractivity contribution >= 4 is 22.3 Å². The summed E-state index contributed by atoms with van der Waals surface area (Å²) in [6, 6.07) is 17.4. The largest absolute Gasteiger partial charge is 0.497 e. The third kappa shape index (κ3) is 3.82. The van der Waals surface area contributed by atoms with Crippen molar-refractivity contribution < 1.29 is 4.74 Å². The maximum absolute atomic E-state index is 6.69. The number of fused-ring (bicyclic) bond motifs is 1. The maximum atomic E-state index is 6.69. The number of nitrogen functional groups attached to an aromatic ring is 1.